The van der Waals surface area contributed by atoms with Crippen LogP contribution in [-0.4, -0.2) is 0 Å². The molecule has 0 N–H and O–H groups in total. The molecule has 2 aromatic carbocycles. The van der Waals surface area contributed by atoms with Gasteiger partial charge in [0.25, 0.3) is 0 Å². The molecule has 39 heavy (non-hydrogen) atoms. The summed E-state index contributed by atoms with van der Waals surface area (Å²) in [5.41, 5.74) is 10.3. The highest BCUT2D eigenvalue weighted by molar-refractivity contribution is 5.82. The fourth-order valence-electron chi connectivity index (χ4n) is 3.92. The third-order valence-electron chi connectivity index (χ3n) is 6.19. The molecule has 0 saturated carbocycles. The van der Waals surface area contributed by atoms with Gasteiger partial charge in [0.2, 0.25) is 0 Å². The van der Waals surface area contributed by atoms with Gasteiger partial charge in [-0.25, -0.2) is 0 Å². The zero-order chi connectivity index (χ0) is 28.5. The van der Waals surface area contributed by atoms with Gasteiger partial charge < -0.3 is 0 Å². The van der Waals surface area contributed by atoms with E-state index in [0.717, 1.165) is 40.7 Å². The van der Waals surface area contributed by atoms with Crippen LogP contribution in [0.2, 0.25) is 0 Å². The van der Waals surface area contributed by atoms with Crippen LogP contribution in [0, 0.1) is 6.92 Å². The maximum atomic E-state index is 4.23. The molecule has 0 amide bonds. The second-order valence-electron chi connectivity index (χ2n) is 9.27. The SMILES string of the molecule is C=C/C=C(\C=C/c1ccc(C(/C=C(\C)C(=C)/C=C\C=C/C)=C/C=C)cc1C/C=C\CC=C)c1ccc(C)cc1. The van der Waals surface area contributed by atoms with Crippen LogP contribution in [0.5, 0.6) is 0 Å². The minimum absolute atomic E-state index is 0.829. The van der Waals surface area contributed by atoms with Crippen molar-refractivity contribution in [2.24, 2.45) is 0 Å². The van der Waals surface area contributed by atoms with E-state index in [-0.39, 0.29) is 0 Å². The molecule has 2 rings (SSSR count). The zero-order valence-electron chi connectivity index (χ0n) is 23.9. The molecule has 0 fully saturated rings. The molecule has 0 aliphatic rings. The molecule has 0 atom stereocenters. The number of hydrogen-bond donors (Lipinski definition) is 0. The smallest absolute Gasteiger partial charge is 0.00912 e. The number of aryl methyl sites for hydroxylation is 1. The van der Waals surface area contributed by atoms with Crippen LogP contribution >= 0.6 is 0 Å². The van der Waals surface area contributed by atoms with Crippen molar-refractivity contribution in [3.63, 3.8) is 0 Å². The molecule has 0 nitrogen and oxygen atoms in total. The highest BCUT2D eigenvalue weighted by atomic mass is 14.1. The Morgan fingerprint density at radius 1 is 0.821 bits per heavy atom. The van der Waals surface area contributed by atoms with Crippen molar-refractivity contribution in [1.29, 1.82) is 0 Å². The monoisotopic (exact) mass is 510 g/mol. The fraction of sp³-hybridized carbons (Fsp3) is 0.128. The van der Waals surface area contributed by atoms with Gasteiger partial charge in [0.15, 0.2) is 0 Å². The lowest BCUT2D eigenvalue weighted by Crippen LogP contribution is -1.92. The molecule has 0 unspecified atom stereocenters. The first-order chi connectivity index (χ1) is 18.9. The van der Waals surface area contributed by atoms with Crippen LogP contribution in [0.3, 0.4) is 0 Å². The second kappa shape index (κ2) is 17.2. The van der Waals surface area contributed by atoms with Crippen LogP contribution in [0.1, 0.15) is 48.1 Å². The van der Waals surface area contributed by atoms with Crippen molar-refractivity contribution in [3.05, 3.63) is 187 Å². The van der Waals surface area contributed by atoms with Crippen molar-refractivity contribution in [3.8, 4) is 0 Å². The average Bonchev–Trinajstić information content (AvgIpc) is 2.94. The van der Waals surface area contributed by atoms with Gasteiger partial charge in [0.05, 0.1) is 0 Å². The minimum Gasteiger partial charge on any atom is -0.103 e. The van der Waals surface area contributed by atoms with Gasteiger partial charge in [0, 0.05) is 0 Å². The van der Waals surface area contributed by atoms with Gasteiger partial charge in [0.1, 0.15) is 0 Å². The fourth-order valence-corrected chi connectivity index (χ4v) is 3.92. The van der Waals surface area contributed by atoms with E-state index in [1.54, 1.807) is 0 Å². The number of benzene rings is 2. The quantitative estimate of drug-likeness (QED) is 0.175. The summed E-state index contributed by atoms with van der Waals surface area (Å²) in [5.74, 6) is 0. The highest BCUT2D eigenvalue weighted by Crippen LogP contribution is 2.26. The predicted molar refractivity (Wildman–Crippen MR) is 178 cm³/mol. The second-order valence-corrected chi connectivity index (χ2v) is 9.27. The van der Waals surface area contributed by atoms with Crippen molar-refractivity contribution >= 4 is 17.2 Å². The topological polar surface area (TPSA) is 0 Å². The Morgan fingerprint density at radius 2 is 1.51 bits per heavy atom. The maximum absolute atomic E-state index is 4.23. The highest BCUT2D eigenvalue weighted by Gasteiger charge is 2.06. The third kappa shape index (κ3) is 10.5. The predicted octanol–water partition coefficient (Wildman–Crippen LogP) is 11.2. The van der Waals surface area contributed by atoms with Crippen LogP contribution in [0.25, 0.3) is 17.2 Å². The average molecular weight is 511 g/mol. The van der Waals surface area contributed by atoms with E-state index in [2.05, 4.69) is 125 Å². The van der Waals surface area contributed by atoms with Gasteiger partial charge in [-0.3, -0.25) is 0 Å². The summed E-state index contributed by atoms with van der Waals surface area (Å²) in [6, 6.07) is 15.2. The third-order valence-corrected chi connectivity index (χ3v) is 6.19. The van der Waals surface area contributed by atoms with Crippen molar-refractivity contribution in [2.45, 2.75) is 33.6 Å². The first-order valence-corrected chi connectivity index (χ1v) is 13.4. The standard InChI is InChI=1S/C39H42/c1-8-12-14-16-20-38-30-39(37(18-11-4)29-33(7)32(6)19-15-13-9-2)28-27-36(38)26-25-34(17-10-3)35-23-21-31(5)22-24-35/h8-11,13-19,21-30H,1,3-4,6,12,20H2,2,5,7H3/b13-9-,16-14-,19-15-,26-25-,33-29+,34-17+,37-18+. The lowest BCUT2D eigenvalue weighted by molar-refractivity contribution is 1.23. The normalized spacial score (nSPS) is 13.2. The first kappa shape index (κ1) is 30.8. The van der Waals surface area contributed by atoms with E-state index in [0.29, 0.717) is 0 Å². The van der Waals surface area contributed by atoms with Crippen LogP contribution < -0.4 is 0 Å². The summed E-state index contributed by atoms with van der Waals surface area (Å²) in [6.45, 7) is 22.1. The molecule has 0 heterocycles. The number of hydrogen-bond acceptors (Lipinski definition) is 0. The molecule has 0 aromatic heterocycles. The van der Waals surface area contributed by atoms with E-state index in [1.807, 2.05) is 49.5 Å². The molecular formula is C39H42. The van der Waals surface area contributed by atoms with E-state index in [4.69, 9.17) is 0 Å². The molecule has 0 aliphatic carbocycles. The molecule has 2 aromatic rings. The lowest BCUT2D eigenvalue weighted by atomic mass is 9.94. The molecule has 0 bridgehead atoms. The molecule has 0 heteroatoms. The van der Waals surface area contributed by atoms with Gasteiger partial charge in [-0.05, 0) is 78.2 Å². The van der Waals surface area contributed by atoms with E-state index < -0.39 is 0 Å². The summed E-state index contributed by atoms with van der Waals surface area (Å²) < 4.78 is 0. The summed E-state index contributed by atoms with van der Waals surface area (Å²) >= 11 is 0. The van der Waals surface area contributed by atoms with Crippen molar-refractivity contribution in [1.82, 2.24) is 0 Å². The van der Waals surface area contributed by atoms with E-state index in [1.165, 1.54) is 22.3 Å². The maximum Gasteiger partial charge on any atom is -0.00912 e. The molecule has 198 valence electrons. The van der Waals surface area contributed by atoms with Gasteiger partial charge in [-0.1, -0.05) is 153 Å². The summed E-state index contributed by atoms with van der Waals surface area (Å²) in [6.07, 6.45) is 30.3. The molecule has 0 aliphatic heterocycles. The van der Waals surface area contributed by atoms with Gasteiger partial charge in [-0.2, -0.15) is 0 Å². The molecule has 0 radical (unpaired) electrons. The Hall–Kier alpha value is -4.42. The van der Waals surface area contributed by atoms with Gasteiger partial charge >= 0.3 is 0 Å². The van der Waals surface area contributed by atoms with E-state index in [9.17, 15) is 0 Å². The Kier molecular flexibility index (Phi) is 13.6. The number of rotatable bonds is 14. The summed E-state index contributed by atoms with van der Waals surface area (Å²) in [4.78, 5) is 0. The Labute approximate surface area is 237 Å². The Bertz CT molecular complexity index is 1360. The van der Waals surface area contributed by atoms with Crippen molar-refractivity contribution in [2.75, 3.05) is 0 Å². The van der Waals surface area contributed by atoms with Gasteiger partial charge in [-0.15, -0.1) is 6.58 Å². The molecular weight excluding hydrogens is 468 g/mol. The molecule has 0 spiro atoms. The summed E-state index contributed by atoms with van der Waals surface area (Å²) in [7, 11) is 0. The van der Waals surface area contributed by atoms with Crippen molar-refractivity contribution < 1.29 is 0 Å². The summed E-state index contributed by atoms with van der Waals surface area (Å²) in [5, 5.41) is 0. The minimum atomic E-state index is 0.829. The number of allylic oxidation sites excluding steroid dienone is 17. The molecule has 0 saturated heterocycles. The van der Waals surface area contributed by atoms with Crippen LogP contribution in [0.4, 0.5) is 0 Å². The lowest BCUT2D eigenvalue weighted by Gasteiger charge is -2.11. The van der Waals surface area contributed by atoms with E-state index >= 15 is 0 Å². The largest absolute Gasteiger partial charge is 0.103 e. The Morgan fingerprint density at radius 3 is 2.18 bits per heavy atom. The van der Waals surface area contributed by atoms with Crippen LogP contribution in [-0.2, 0) is 6.42 Å². The zero-order valence-corrected chi connectivity index (χ0v) is 23.9. The first-order valence-electron chi connectivity index (χ1n) is 13.4. The van der Waals surface area contributed by atoms with Crippen LogP contribution in [0.15, 0.2) is 159 Å². The Balaban J connectivity index is 2.51.